The van der Waals surface area contributed by atoms with Crippen LogP contribution in [0.5, 0.6) is 11.5 Å². The monoisotopic (exact) mass is 365 g/mol. The maximum atomic E-state index is 12.2. The molecule has 6 nitrogen and oxygen atoms in total. The first-order valence-corrected chi connectivity index (χ1v) is 7.61. The van der Waals surface area contributed by atoms with Crippen LogP contribution in [0.4, 0.5) is 13.2 Å². The van der Waals surface area contributed by atoms with Gasteiger partial charge in [-0.25, -0.2) is 4.52 Å². The summed E-state index contributed by atoms with van der Waals surface area (Å²) in [4.78, 5) is 12.2. The molecular formula is C17H14F3N3O3. The van der Waals surface area contributed by atoms with Crippen LogP contribution in [-0.4, -0.2) is 35.0 Å². The molecule has 0 aliphatic carbocycles. The molecule has 0 saturated heterocycles. The van der Waals surface area contributed by atoms with Crippen molar-refractivity contribution in [2.45, 2.75) is 6.36 Å². The first-order valence-electron chi connectivity index (χ1n) is 7.61. The van der Waals surface area contributed by atoms with E-state index in [2.05, 4.69) is 15.2 Å². The van der Waals surface area contributed by atoms with Crippen LogP contribution in [-0.2, 0) is 0 Å². The molecule has 0 bridgehead atoms. The minimum absolute atomic E-state index is 0.157. The molecule has 0 atom stereocenters. The van der Waals surface area contributed by atoms with E-state index in [1.54, 1.807) is 22.8 Å². The van der Waals surface area contributed by atoms with Crippen molar-refractivity contribution >= 4 is 11.4 Å². The van der Waals surface area contributed by atoms with Crippen molar-refractivity contribution in [3.05, 3.63) is 60.4 Å². The highest BCUT2D eigenvalue weighted by Crippen LogP contribution is 2.24. The number of rotatable bonds is 6. The zero-order chi connectivity index (χ0) is 18.6. The molecule has 0 unspecified atom stereocenters. The highest BCUT2D eigenvalue weighted by atomic mass is 19.4. The number of hydrogen-bond acceptors (Lipinski definition) is 4. The molecule has 3 rings (SSSR count). The van der Waals surface area contributed by atoms with Gasteiger partial charge in [0.15, 0.2) is 0 Å². The van der Waals surface area contributed by atoms with E-state index in [9.17, 15) is 18.0 Å². The lowest BCUT2D eigenvalue weighted by Crippen LogP contribution is -2.28. The predicted molar refractivity (Wildman–Crippen MR) is 86.1 cm³/mol. The lowest BCUT2D eigenvalue weighted by Gasteiger charge is -2.10. The zero-order valence-electron chi connectivity index (χ0n) is 13.4. The van der Waals surface area contributed by atoms with Crippen LogP contribution in [0.25, 0.3) is 5.52 Å². The Morgan fingerprint density at radius 3 is 2.58 bits per heavy atom. The van der Waals surface area contributed by atoms with E-state index in [-0.39, 0.29) is 24.8 Å². The Labute approximate surface area is 146 Å². The molecule has 1 aromatic carbocycles. The second-order valence-corrected chi connectivity index (χ2v) is 5.21. The summed E-state index contributed by atoms with van der Waals surface area (Å²) in [5, 5.41) is 6.78. The Morgan fingerprint density at radius 1 is 1.12 bits per heavy atom. The average molecular weight is 365 g/mol. The van der Waals surface area contributed by atoms with Gasteiger partial charge in [-0.3, -0.25) is 4.79 Å². The van der Waals surface area contributed by atoms with Gasteiger partial charge in [0.05, 0.1) is 23.8 Å². The highest BCUT2D eigenvalue weighted by Gasteiger charge is 2.30. The van der Waals surface area contributed by atoms with E-state index in [1.165, 1.54) is 18.3 Å². The maximum Gasteiger partial charge on any atom is 0.573 e. The van der Waals surface area contributed by atoms with Crippen LogP contribution < -0.4 is 14.8 Å². The second kappa shape index (κ2) is 7.34. The molecule has 3 aromatic rings. The molecule has 2 aromatic heterocycles. The van der Waals surface area contributed by atoms with E-state index in [0.29, 0.717) is 16.8 Å². The van der Waals surface area contributed by atoms with E-state index in [4.69, 9.17) is 4.74 Å². The predicted octanol–water partition coefficient (Wildman–Crippen LogP) is 3.04. The van der Waals surface area contributed by atoms with Gasteiger partial charge in [-0.1, -0.05) is 6.07 Å². The third-order valence-electron chi connectivity index (χ3n) is 3.38. The van der Waals surface area contributed by atoms with Crippen molar-refractivity contribution in [3.63, 3.8) is 0 Å². The number of nitrogens with zero attached hydrogens (tertiary/aromatic N) is 2. The number of alkyl halides is 3. The summed E-state index contributed by atoms with van der Waals surface area (Å²) in [6, 6.07) is 10.4. The van der Waals surface area contributed by atoms with Crippen molar-refractivity contribution in [2.24, 2.45) is 0 Å². The van der Waals surface area contributed by atoms with Crippen LogP contribution in [0.3, 0.4) is 0 Å². The van der Waals surface area contributed by atoms with Crippen LogP contribution in [0.1, 0.15) is 10.4 Å². The molecular weight excluding hydrogens is 351 g/mol. The smallest absolute Gasteiger partial charge is 0.492 e. The summed E-state index contributed by atoms with van der Waals surface area (Å²) in [6.45, 7) is 0.383. The van der Waals surface area contributed by atoms with Gasteiger partial charge in [0, 0.05) is 6.20 Å². The van der Waals surface area contributed by atoms with E-state index in [1.807, 2.05) is 6.07 Å². The number of benzene rings is 1. The van der Waals surface area contributed by atoms with Gasteiger partial charge in [0.2, 0.25) is 0 Å². The molecule has 0 saturated carbocycles. The van der Waals surface area contributed by atoms with Crippen molar-refractivity contribution < 1.29 is 27.4 Å². The molecule has 26 heavy (non-hydrogen) atoms. The zero-order valence-corrected chi connectivity index (χ0v) is 13.4. The van der Waals surface area contributed by atoms with Gasteiger partial charge in [-0.2, -0.15) is 5.10 Å². The second-order valence-electron chi connectivity index (χ2n) is 5.21. The molecule has 0 aliphatic heterocycles. The molecule has 0 aliphatic rings. The average Bonchev–Trinajstić information content (AvgIpc) is 3.03. The van der Waals surface area contributed by atoms with Crippen molar-refractivity contribution in [2.75, 3.05) is 13.2 Å². The van der Waals surface area contributed by atoms with Crippen LogP contribution in [0.2, 0.25) is 0 Å². The molecule has 9 heteroatoms. The summed E-state index contributed by atoms with van der Waals surface area (Å²) < 4.78 is 47.0. The summed E-state index contributed by atoms with van der Waals surface area (Å²) >= 11 is 0. The van der Waals surface area contributed by atoms with Gasteiger partial charge >= 0.3 is 6.36 Å². The molecule has 136 valence electrons. The molecule has 0 radical (unpaired) electrons. The van der Waals surface area contributed by atoms with E-state index in [0.717, 1.165) is 12.1 Å². The summed E-state index contributed by atoms with van der Waals surface area (Å²) in [5.41, 5.74) is 1.13. The molecule has 0 spiro atoms. The minimum Gasteiger partial charge on any atom is -0.492 e. The third kappa shape index (κ3) is 4.44. The Bertz CT molecular complexity index is 891. The largest absolute Gasteiger partial charge is 0.573 e. The summed E-state index contributed by atoms with van der Waals surface area (Å²) in [7, 11) is 0. The van der Waals surface area contributed by atoms with Crippen LogP contribution in [0, 0.1) is 0 Å². The van der Waals surface area contributed by atoms with E-state index >= 15 is 0 Å². The first-order chi connectivity index (χ1) is 12.4. The fraction of sp³-hybridized carbons (Fsp3) is 0.176. The number of carbonyl (C=O) groups excluding carboxylic acids is 1. The Balaban J connectivity index is 1.47. The summed E-state index contributed by atoms with van der Waals surface area (Å²) in [6.07, 6.45) is -1.52. The number of amides is 1. The Kier molecular flexibility index (Phi) is 4.97. The van der Waals surface area contributed by atoms with Crippen molar-refractivity contribution in [3.8, 4) is 11.5 Å². The SMILES string of the molecule is O=C(NCCOc1ccc(OC(F)(F)F)cc1)c1cnn2ccccc12. The standard InChI is InChI=1S/C17H14F3N3O3/c18-17(19,20)26-13-6-4-12(5-7-13)25-10-8-21-16(24)14-11-22-23-9-2-1-3-15(14)23/h1-7,9,11H,8,10H2,(H,21,24). The number of hydrogen-bond donors (Lipinski definition) is 1. The normalized spacial score (nSPS) is 11.3. The number of pyridine rings is 1. The topological polar surface area (TPSA) is 64.9 Å². The lowest BCUT2D eigenvalue weighted by atomic mass is 10.2. The maximum absolute atomic E-state index is 12.2. The number of halogens is 3. The molecule has 0 fully saturated rings. The van der Waals surface area contributed by atoms with Gasteiger partial charge in [0.25, 0.3) is 5.91 Å². The highest BCUT2D eigenvalue weighted by molar-refractivity contribution is 6.00. The van der Waals surface area contributed by atoms with Gasteiger partial charge in [0.1, 0.15) is 18.1 Å². The van der Waals surface area contributed by atoms with Crippen LogP contribution in [0.15, 0.2) is 54.9 Å². The summed E-state index contributed by atoms with van der Waals surface area (Å²) in [5.74, 6) is -0.250. The third-order valence-corrected chi connectivity index (χ3v) is 3.38. The number of aromatic nitrogens is 2. The van der Waals surface area contributed by atoms with Crippen LogP contribution >= 0.6 is 0 Å². The van der Waals surface area contributed by atoms with Gasteiger partial charge < -0.3 is 14.8 Å². The molecule has 1 N–H and O–H groups in total. The number of fused-ring (bicyclic) bond motifs is 1. The van der Waals surface area contributed by atoms with Gasteiger partial charge in [-0.15, -0.1) is 13.2 Å². The lowest BCUT2D eigenvalue weighted by molar-refractivity contribution is -0.274. The molecule has 2 heterocycles. The van der Waals surface area contributed by atoms with E-state index < -0.39 is 6.36 Å². The van der Waals surface area contributed by atoms with Gasteiger partial charge in [-0.05, 0) is 36.4 Å². The number of ether oxygens (including phenoxy) is 2. The number of carbonyl (C=O) groups is 1. The Morgan fingerprint density at radius 2 is 1.85 bits per heavy atom. The minimum atomic E-state index is -4.73. The quantitative estimate of drug-likeness (QED) is 0.682. The van der Waals surface area contributed by atoms with Crippen molar-refractivity contribution in [1.82, 2.24) is 14.9 Å². The van der Waals surface area contributed by atoms with Crippen molar-refractivity contribution in [1.29, 1.82) is 0 Å². The first kappa shape index (κ1) is 17.6. The fourth-order valence-electron chi connectivity index (χ4n) is 2.28. The molecule has 1 amide bonds. The Hall–Kier alpha value is -3.23. The fourth-order valence-corrected chi connectivity index (χ4v) is 2.28. The number of nitrogens with one attached hydrogen (secondary N) is 1.